The molecule has 1 spiro atoms. The molecule has 0 saturated heterocycles. The van der Waals surface area contributed by atoms with Crippen molar-refractivity contribution in [3.8, 4) is 67.3 Å². The molecule has 0 saturated carbocycles. The molecule has 0 radical (unpaired) electrons. The fourth-order valence-corrected chi connectivity index (χ4v) is 10.6. The highest BCUT2D eigenvalue weighted by molar-refractivity contribution is 6.20. The smallest absolute Gasteiger partial charge is 0.160 e. The van der Waals surface area contributed by atoms with Crippen LogP contribution < -0.4 is 0 Å². The summed E-state index contributed by atoms with van der Waals surface area (Å²) in [5.41, 5.74) is 17.3. The molecule has 2 aliphatic carbocycles. The van der Waals surface area contributed by atoms with Gasteiger partial charge in [0.2, 0.25) is 0 Å². The average molecular weight is 773 g/mol. The zero-order valence-electron chi connectivity index (χ0n) is 33.2. The van der Waals surface area contributed by atoms with E-state index in [9.17, 15) is 0 Å². The van der Waals surface area contributed by atoms with E-state index in [1.807, 2.05) is 0 Å². The van der Waals surface area contributed by atoms with Gasteiger partial charge in [-0.2, -0.15) is 0 Å². The summed E-state index contributed by atoms with van der Waals surface area (Å²) in [5, 5.41) is 7.21. The molecule has 2 aliphatic rings. The van der Waals surface area contributed by atoms with E-state index in [1.165, 1.54) is 82.4 Å². The third-order valence-electron chi connectivity index (χ3n) is 13.3. The van der Waals surface area contributed by atoms with Gasteiger partial charge in [0.1, 0.15) is 0 Å². The quantitative estimate of drug-likeness (QED) is 0.132. The van der Waals surface area contributed by atoms with Crippen LogP contribution in [0.2, 0.25) is 0 Å². The fraction of sp³-hybridized carbons (Fsp3) is 0.0169. The van der Waals surface area contributed by atoms with Crippen molar-refractivity contribution in [1.29, 1.82) is 0 Å². The van der Waals surface area contributed by atoms with Crippen molar-refractivity contribution in [2.24, 2.45) is 0 Å². The van der Waals surface area contributed by atoms with E-state index in [0.29, 0.717) is 5.82 Å². The van der Waals surface area contributed by atoms with E-state index in [2.05, 4.69) is 218 Å². The Morgan fingerprint density at radius 2 is 0.803 bits per heavy atom. The van der Waals surface area contributed by atoms with Crippen molar-refractivity contribution >= 4 is 32.3 Å². The minimum absolute atomic E-state index is 0.450. The van der Waals surface area contributed by atoms with Gasteiger partial charge in [-0.05, 0) is 106 Å². The second kappa shape index (κ2) is 13.0. The van der Waals surface area contributed by atoms with E-state index < -0.39 is 5.41 Å². The van der Waals surface area contributed by atoms with Crippen LogP contribution in [0.1, 0.15) is 22.3 Å². The van der Waals surface area contributed by atoms with Crippen LogP contribution in [-0.2, 0) is 5.41 Å². The van der Waals surface area contributed by atoms with E-state index >= 15 is 0 Å². The summed E-state index contributed by atoms with van der Waals surface area (Å²) < 4.78 is 0. The second-order valence-electron chi connectivity index (χ2n) is 16.4. The Hall–Kier alpha value is -7.94. The van der Waals surface area contributed by atoms with Gasteiger partial charge in [-0.3, -0.25) is 0 Å². The maximum atomic E-state index is 5.51. The van der Waals surface area contributed by atoms with E-state index in [0.717, 1.165) is 33.6 Å². The Bertz CT molecular complexity index is 3520. The predicted octanol–water partition coefficient (Wildman–Crippen LogP) is 14.9. The zero-order chi connectivity index (χ0) is 40.1. The van der Waals surface area contributed by atoms with Gasteiger partial charge >= 0.3 is 0 Å². The molecule has 0 aliphatic heterocycles. The molecule has 0 atom stereocenters. The Morgan fingerprint density at radius 1 is 0.279 bits per heavy atom. The lowest BCUT2D eigenvalue weighted by Gasteiger charge is -2.30. The highest BCUT2D eigenvalue weighted by Crippen LogP contribution is 2.63. The summed E-state index contributed by atoms with van der Waals surface area (Å²) in [5.74, 6) is 0.698. The molecule has 61 heavy (non-hydrogen) atoms. The summed E-state index contributed by atoms with van der Waals surface area (Å²) in [6.07, 6.45) is 0. The predicted molar refractivity (Wildman–Crippen MR) is 253 cm³/mol. The molecule has 0 unspecified atom stereocenters. The van der Waals surface area contributed by atoms with Gasteiger partial charge in [-0.15, -0.1) is 0 Å². The number of rotatable bonds is 4. The standard InChI is InChI=1S/C59H36N2/c1-2-14-37(15-3-1)38-26-28-40(29-27-38)58-60-55(36-56(61-58)57-44-19-7-5-17-41(44)34-50-43-18-6-4-16-39(43)30-33-49(50)57)42-31-32-48-47-22-10-13-25-53(47)59(54(48)35-42)51-23-11-8-20-45(51)46-21-9-12-24-52(46)59/h1-36H. The van der Waals surface area contributed by atoms with E-state index in [4.69, 9.17) is 9.97 Å². The van der Waals surface area contributed by atoms with Crippen LogP contribution >= 0.6 is 0 Å². The molecule has 2 nitrogen and oxygen atoms in total. The van der Waals surface area contributed by atoms with Crippen LogP contribution in [0.3, 0.4) is 0 Å². The fourth-order valence-electron chi connectivity index (χ4n) is 10.6. The minimum atomic E-state index is -0.450. The highest BCUT2D eigenvalue weighted by atomic mass is 14.9. The van der Waals surface area contributed by atoms with Gasteiger partial charge in [0.25, 0.3) is 0 Å². The van der Waals surface area contributed by atoms with Crippen LogP contribution in [0.15, 0.2) is 218 Å². The normalized spacial score (nSPS) is 13.0. The first-order chi connectivity index (χ1) is 30.2. The number of aromatic nitrogens is 2. The summed E-state index contributed by atoms with van der Waals surface area (Å²) in [7, 11) is 0. The van der Waals surface area contributed by atoms with Gasteiger partial charge in [-0.25, -0.2) is 9.97 Å². The molecule has 0 amide bonds. The van der Waals surface area contributed by atoms with Gasteiger partial charge in [0, 0.05) is 16.7 Å². The van der Waals surface area contributed by atoms with Crippen LogP contribution in [-0.4, -0.2) is 9.97 Å². The molecule has 1 aromatic heterocycles. The Kier molecular flexibility index (Phi) is 7.26. The van der Waals surface area contributed by atoms with E-state index in [-0.39, 0.29) is 0 Å². The van der Waals surface area contributed by atoms with Gasteiger partial charge in [-0.1, -0.05) is 200 Å². The number of benzene rings is 10. The topological polar surface area (TPSA) is 25.8 Å². The van der Waals surface area contributed by atoms with Crippen molar-refractivity contribution in [2.45, 2.75) is 5.41 Å². The maximum Gasteiger partial charge on any atom is 0.160 e. The summed E-state index contributed by atoms with van der Waals surface area (Å²) in [6.45, 7) is 0. The lowest BCUT2D eigenvalue weighted by atomic mass is 9.70. The first kappa shape index (κ1) is 34.0. The molecule has 1 heterocycles. The lowest BCUT2D eigenvalue weighted by Crippen LogP contribution is -2.25. The average Bonchev–Trinajstić information content (AvgIpc) is 3.80. The maximum absolute atomic E-state index is 5.51. The number of nitrogens with zero attached hydrogens (tertiary/aromatic N) is 2. The van der Waals surface area contributed by atoms with Crippen molar-refractivity contribution in [1.82, 2.24) is 9.97 Å². The number of fused-ring (bicyclic) bond motifs is 14. The molecule has 0 fully saturated rings. The summed E-state index contributed by atoms with van der Waals surface area (Å²) >= 11 is 0. The Labute approximate surface area is 354 Å². The van der Waals surface area contributed by atoms with Crippen LogP contribution in [0.5, 0.6) is 0 Å². The number of hydrogen-bond donors (Lipinski definition) is 0. The molecule has 282 valence electrons. The molecular weight excluding hydrogens is 737 g/mol. The van der Waals surface area contributed by atoms with Crippen molar-refractivity contribution in [3.63, 3.8) is 0 Å². The van der Waals surface area contributed by atoms with Gasteiger partial charge in [0.15, 0.2) is 5.82 Å². The lowest BCUT2D eigenvalue weighted by molar-refractivity contribution is 0.794. The van der Waals surface area contributed by atoms with Crippen molar-refractivity contribution in [2.75, 3.05) is 0 Å². The monoisotopic (exact) mass is 772 g/mol. The van der Waals surface area contributed by atoms with Crippen LogP contribution in [0.25, 0.3) is 99.6 Å². The molecule has 0 bridgehead atoms. The third kappa shape index (κ3) is 4.91. The largest absolute Gasteiger partial charge is 0.228 e. The zero-order valence-corrected chi connectivity index (χ0v) is 33.2. The van der Waals surface area contributed by atoms with Crippen LogP contribution in [0.4, 0.5) is 0 Å². The van der Waals surface area contributed by atoms with Crippen molar-refractivity contribution < 1.29 is 0 Å². The summed E-state index contributed by atoms with van der Waals surface area (Å²) in [4.78, 5) is 11.0. The molecule has 2 heteroatoms. The third-order valence-corrected chi connectivity index (χ3v) is 13.3. The molecule has 0 N–H and O–H groups in total. The first-order valence-corrected chi connectivity index (χ1v) is 21.1. The van der Waals surface area contributed by atoms with Gasteiger partial charge < -0.3 is 0 Å². The molecular formula is C59H36N2. The van der Waals surface area contributed by atoms with E-state index in [1.54, 1.807) is 0 Å². The number of hydrogen-bond acceptors (Lipinski definition) is 2. The SMILES string of the molecule is c1ccc(-c2ccc(-c3nc(-c4ccc5c(c4)C4(c6ccccc6-c6ccccc64)c4ccccc4-5)cc(-c4c5ccccc5cc5c4ccc4ccccc45)n3)cc2)cc1. The second-order valence-corrected chi connectivity index (χ2v) is 16.4. The molecule has 11 aromatic rings. The van der Waals surface area contributed by atoms with Crippen molar-refractivity contribution in [3.05, 3.63) is 241 Å². The van der Waals surface area contributed by atoms with Gasteiger partial charge in [0.05, 0.1) is 16.8 Å². The van der Waals surface area contributed by atoms with Crippen LogP contribution in [0, 0.1) is 0 Å². The summed E-state index contributed by atoms with van der Waals surface area (Å²) in [6, 6.07) is 79.8. The first-order valence-electron chi connectivity index (χ1n) is 21.1. The Balaban J connectivity index is 1.08. The minimum Gasteiger partial charge on any atom is -0.228 e. The molecule has 13 rings (SSSR count). The Morgan fingerprint density at radius 3 is 1.51 bits per heavy atom. The molecule has 10 aromatic carbocycles. The highest BCUT2D eigenvalue weighted by Gasteiger charge is 2.51.